The molecule has 60 valence electrons. The number of hydrogen-bond acceptors (Lipinski definition) is 2. The van der Waals surface area contributed by atoms with Crippen molar-refractivity contribution in [3.8, 4) is 0 Å². The topological polar surface area (TPSA) is 44.1 Å². The van der Waals surface area contributed by atoms with Gasteiger partial charge in [-0.25, -0.2) is 0 Å². The van der Waals surface area contributed by atoms with E-state index in [1.54, 1.807) is 13.8 Å². The van der Waals surface area contributed by atoms with Gasteiger partial charge in [0.1, 0.15) is 0 Å². The number of nitrogens with one attached hydrogen (secondary N) is 1. The molecule has 0 radical (unpaired) electrons. The van der Waals surface area contributed by atoms with Gasteiger partial charge in [0, 0.05) is 5.33 Å². The molecule has 3 heteroatoms. The van der Waals surface area contributed by atoms with E-state index in [2.05, 4.69) is 19.6 Å². The molecule has 0 saturated heterocycles. The first-order valence-corrected chi connectivity index (χ1v) is 6.97. The van der Waals surface area contributed by atoms with E-state index >= 15 is 0 Å². The lowest BCUT2D eigenvalue weighted by Gasteiger charge is -2.27. The fourth-order valence-corrected chi connectivity index (χ4v) is 2.75. The van der Waals surface area contributed by atoms with Crippen LogP contribution >= 0.6 is 0 Å². The highest BCUT2D eigenvalue weighted by molar-refractivity contribution is 7.04. The van der Waals surface area contributed by atoms with Crippen molar-refractivity contribution < 1.29 is 5.11 Å². The summed E-state index contributed by atoms with van der Waals surface area (Å²) in [4.78, 5) is 0. The van der Waals surface area contributed by atoms with E-state index in [4.69, 9.17) is 5.41 Å². The van der Waals surface area contributed by atoms with Gasteiger partial charge >= 0.3 is 0 Å². The number of aliphatic hydroxyl groups is 1. The number of hydrogen-bond donors (Lipinski definition) is 2. The Kier molecular flexibility index (Phi) is 2.43. The minimum atomic E-state index is -1.56. The molecule has 10 heavy (non-hydrogen) atoms. The van der Waals surface area contributed by atoms with Crippen molar-refractivity contribution in [2.75, 3.05) is 0 Å². The molecule has 0 aromatic heterocycles. The van der Waals surface area contributed by atoms with Crippen molar-refractivity contribution in [3.63, 3.8) is 0 Å². The minimum absolute atomic E-state index is 0.514. The summed E-state index contributed by atoms with van der Waals surface area (Å²) < 4.78 is 0. The summed E-state index contributed by atoms with van der Waals surface area (Å²) in [5, 5.41) is 17.5. The first-order chi connectivity index (χ1) is 4.15. The second-order valence-corrected chi connectivity index (χ2v) is 9.18. The molecule has 2 nitrogen and oxygen atoms in total. The largest absolute Gasteiger partial charge is 0.385 e. The Bertz CT molecular complexity index is 125. The van der Waals surface area contributed by atoms with E-state index in [9.17, 15) is 5.11 Å². The molecular weight excluding hydrogens is 142 g/mol. The van der Waals surface area contributed by atoms with E-state index < -0.39 is 13.7 Å². The van der Waals surface area contributed by atoms with Crippen LogP contribution in [0.5, 0.6) is 0 Å². The second kappa shape index (κ2) is 2.47. The van der Waals surface area contributed by atoms with Crippen LogP contribution in [-0.2, 0) is 0 Å². The van der Waals surface area contributed by atoms with E-state index in [0.29, 0.717) is 5.33 Å². The van der Waals surface area contributed by atoms with Gasteiger partial charge in [-0.3, -0.25) is 0 Å². The molecule has 0 rings (SSSR count). The van der Waals surface area contributed by atoms with Crippen LogP contribution in [0.25, 0.3) is 0 Å². The SMILES string of the molecule is CC(C)(O)C(=N)[Si](C)(C)C. The Morgan fingerprint density at radius 2 is 1.60 bits per heavy atom. The fourth-order valence-electron chi connectivity index (χ4n) is 0.918. The van der Waals surface area contributed by atoms with Crippen LogP contribution in [0.4, 0.5) is 0 Å². The molecule has 0 amide bonds. The molecule has 0 unspecified atom stereocenters. The molecule has 0 atom stereocenters. The summed E-state index contributed by atoms with van der Waals surface area (Å²) >= 11 is 0. The average Bonchev–Trinajstić information content (AvgIpc) is 1.59. The quantitative estimate of drug-likeness (QED) is 0.467. The third-order valence-corrected chi connectivity index (χ3v) is 3.47. The zero-order valence-electron chi connectivity index (χ0n) is 7.45. The van der Waals surface area contributed by atoms with Gasteiger partial charge in [0.2, 0.25) is 0 Å². The van der Waals surface area contributed by atoms with Gasteiger partial charge in [0.25, 0.3) is 0 Å². The van der Waals surface area contributed by atoms with Crippen molar-refractivity contribution in [2.24, 2.45) is 0 Å². The van der Waals surface area contributed by atoms with Crippen molar-refractivity contribution in [1.82, 2.24) is 0 Å². The van der Waals surface area contributed by atoms with Gasteiger partial charge in [0.05, 0.1) is 13.7 Å². The van der Waals surface area contributed by atoms with Crippen LogP contribution in [0, 0.1) is 5.41 Å². The third kappa shape index (κ3) is 2.62. The fraction of sp³-hybridized carbons (Fsp3) is 0.857. The molecule has 2 N–H and O–H groups in total. The minimum Gasteiger partial charge on any atom is -0.385 e. The molecule has 0 aliphatic rings. The van der Waals surface area contributed by atoms with Crippen molar-refractivity contribution in [2.45, 2.75) is 39.1 Å². The van der Waals surface area contributed by atoms with Gasteiger partial charge in [-0.1, -0.05) is 19.6 Å². The first kappa shape index (κ1) is 9.85. The average molecular weight is 159 g/mol. The van der Waals surface area contributed by atoms with Gasteiger partial charge < -0.3 is 10.5 Å². The lowest BCUT2D eigenvalue weighted by molar-refractivity contribution is 0.155. The molecule has 0 fully saturated rings. The zero-order valence-corrected chi connectivity index (χ0v) is 8.45. The molecule has 0 aliphatic carbocycles. The van der Waals surface area contributed by atoms with Crippen molar-refractivity contribution in [1.29, 1.82) is 5.41 Å². The summed E-state index contributed by atoms with van der Waals surface area (Å²) in [7, 11) is -1.56. The maximum atomic E-state index is 9.43. The Balaban J connectivity index is 4.40. The monoisotopic (exact) mass is 159 g/mol. The molecule has 0 saturated carbocycles. The Morgan fingerprint density at radius 3 is 1.60 bits per heavy atom. The molecule has 0 bridgehead atoms. The van der Waals surface area contributed by atoms with E-state index in [0.717, 1.165) is 0 Å². The van der Waals surface area contributed by atoms with Crippen LogP contribution in [0.3, 0.4) is 0 Å². The van der Waals surface area contributed by atoms with Gasteiger partial charge in [-0.05, 0) is 13.8 Å². The van der Waals surface area contributed by atoms with Crippen LogP contribution < -0.4 is 0 Å². The Labute approximate surface area is 63.8 Å². The number of rotatable bonds is 2. The lowest BCUT2D eigenvalue weighted by Crippen LogP contribution is -2.47. The normalized spacial score (nSPS) is 13.4. The summed E-state index contributed by atoms with van der Waals surface area (Å²) in [5.74, 6) is 0. The van der Waals surface area contributed by atoms with E-state index in [1.807, 2.05) is 0 Å². The smallest absolute Gasteiger partial charge is 0.0988 e. The highest BCUT2D eigenvalue weighted by Gasteiger charge is 2.31. The van der Waals surface area contributed by atoms with Crippen LogP contribution in [0.15, 0.2) is 0 Å². The summed E-state index contributed by atoms with van der Waals surface area (Å²) in [6.45, 7) is 9.54. The molecule has 0 aliphatic heterocycles. The molecule has 0 aromatic carbocycles. The van der Waals surface area contributed by atoms with Crippen LogP contribution in [0.2, 0.25) is 19.6 Å². The highest BCUT2D eigenvalue weighted by Crippen LogP contribution is 2.13. The standard InChI is InChI=1S/C7H17NOSi/c1-7(2,9)6(8)10(3,4)5/h8-9H,1-5H3. The lowest BCUT2D eigenvalue weighted by atomic mass is 10.2. The second-order valence-electron chi connectivity index (χ2n) is 4.18. The van der Waals surface area contributed by atoms with E-state index in [1.165, 1.54) is 0 Å². The molecule has 0 heterocycles. The summed E-state index contributed by atoms with van der Waals surface area (Å²) in [6.07, 6.45) is 0. The highest BCUT2D eigenvalue weighted by atomic mass is 28.3. The van der Waals surface area contributed by atoms with Crippen molar-refractivity contribution >= 4 is 13.4 Å². The maximum absolute atomic E-state index is 9.43. The van der Waals surface area contributed by atoms with Crippen LogP contribution in [0.1, 0.15) is 13.8 Å². The summed E-state index contributed by atoms with van der Waals surface area (Å²) in [5.41, 5.74) is -0.912. The van der Waals surface area contributed by atoms with Crippen molar-refractivity contribution in [3.05, 3.63) is 0 Å². The molecular formula is C7H17NOSi. The summed E-state index contributed by atoms with van der Waals surface area (Å²) in [6, 6.07) is 0. The predicted octanol–water partition coefficient (Wildman–Crippen LogP) is 1.65. The van der Waals surface area contributed by atoms with Gasteiger partial charge in [0.15, 0.2) is 0 Å². The van der Waals surface area contributed by atoms with Gasteiger partial charge in [-0.15, -0.1) is 0 Å². The van der Waals surface area contributed by atoms with E-state index in [-0.39, 0.29) is 0 Å². The van der Waals surface area contributed by atoms with Crippen LogP contribution in [-0.4, -0.2) is 24.1 Å². The Morgan fingerprint density at radius 1 is 1.30 bits per heavy atom. The van der Waals surface area contributed by atoms with Gasteiger partial charge in [-0.2, -0.15) is 0 Å². The third-order valence-electron chi connectivity index (χ3n) is 1.36. The maximum Gasteiger partial charge on any atom is 0.0988 e. The Hall–Kier alpha value is -0.153. The molecule has 0 spiro atoms. The predicted molar refractivity (Wildman–Crippen MR) is 47.4 cm³/mol. The molecule has 0 aromatic rings. The zero-order chi connectivity index (χ0) is 8.58. The first-order valence-electron chi connectivity index (χ1n) is 3.47.